The fourth-order valence-electron chi connectivity index (χ4n) is 3.85. The summed E-state index contributed by atoms with van der Waals surface area (Å²) >= 11 is 0. The number of carbonyl (C=O) groups excluding carboxylic acids is 1. The van der Waals surface area contributed by atoms with Crippen molar-refractivity contribution in [2.75, 3.05) is 20.4 Å². The molecule has 9 heteroatoms. The fourth-order valence-corrected chi connectivity index (χ4v) is 4.98. The maximum absolute atomic E-state index is 12.1. The summed E-state index contributed by atoms with van der Waals surface area (Å²) in [6, 6.07) is 10.4. The number of aryl methyl sites for hydroxylation is 1. The van der Waals surface area contributed by atoms with E-state index in [4.69, 9.17) is 9.05 Å². The van der Waals surface area contributed by atoms with Crippen molar-refractivity contribution in [1.82, 2.24) is 4.57 Å². The molecule has 0 aliphatic heterocycles. The molecule has 0 fully saturated rings. The van der Waals surface area contributed by atoms with Gasteiger partial charge in [-0.05, 0) is 44.0 Å². The van der Waals surface area contributed by atoms with Crippen molar-refractivity contribution >= 4 is 40.9 Å². The molecule has 0 aliphatic carbocycles. The summed E-state index contributed by atoms with van der Waals surface area (Å²) in [5, 5.41) is 12.9. The Labute approximate surface area is 180 Å². The minimum atomic E-state index is -2.96. The van der Waals surface area contributed by atoms with E-state index >= 15 is 0 Å². The average molecular weight is 446 g/mol. The van der Waals surface area contributed by atoms with E-state index in [0.717, 1.165) is 54.0 Å². The first-order valence-corrected chi connectivity index (χ1v) is 11.9. The monoisotopic (exact) mass is 446 g/mol. The standard InChI is InChI=1S/C22H27N2O6P/c1-16(25)17-8-10-21-19(14-17)20-15-18(24(26)27)9-11-22(20)23(21)12-6-4-5-7-13-31(28,29-2)30-3/h8-11,14-15H,4-7,12-13H2,1-3H3. The number of carbonyl (C=O) groups is 1. The molecule has 0 saturated heterocycles. The summed E-state index contributed by atoms with van der Waals surface area (Å²) in [6.07, 6.45) is 3.88. The number of aromatic nitrogens is 1. The summed E-state index contributed by atoms with van der Waals surface area (Å²) in [5.74, 6) is -0.0439. The van der Waals surface area contributed by atoms with Gasteiger partial charge in [0.25, 0.3) is 5.69 Å². The number of nitrogens with zero attached hydrogens (tertiary/aromatic N) is 2. The molecule has 1 aromatic heterocycles. The first-order valence-electron chi connectivity index (χ1n) is 10.2. The lowest BCUT2D eigenvalue weighted by atomic mass is 10.1. The lowest BCUT2D eigenvalue weighted by molar-refractivity contribution is -0.384. The minimum Gasteiger partial charge on any atom is -0.340 e. The molecule has 3 rings (SSSR count). The Balaban J connectivity index is 1.81. The molecule has 2 aromatic carbocycles. The van der Waals surface area contributed by atoms with Crippen LogP contribution in [0.4, 0.5) is 5.69 Å². The molecular weight excluding hydrogens is 419 g/mol. The van der Waals surface area contributed by atoms with Gasteiger partial charge in [0, 0.05) is 60.3 Å². The van der Waals surface area contributed by atoms with Crippen molar-refractivity contribution in [2.45, 2.75) is 39.2 Å². The highest BCUT2D eigenvalue weighted by molar-refractivity contribution is 7.53. The predicted octanol–water partition coefficient (Wildman–Crippen LogP) is 5.95. The second-order valence-corrected chi connectivity index (χ2v) is 9.91. The van der Waals surface area contributed by atoms with Gasteiger partial charge in [0.05, 0.1) is 11.1 Å². The van der Waals surface area contributed by atoms with Gasteiger partial charge in [0.1, 0.15) is 0 Å². The summed E-state index contributed by atoms with van der Waals surface area (Å²) in [5.41, 5.74) is 2.47. The maximum atomic E-state index is 12.1. The molecule has 0 aliphatic rings. The lowest BCUT2D eigenvalue weighted by Crippen LogP contribution is -1.99. The fraction of sp³-hybridized carbons (Fsp3) is 0.409. The Morgan fingerprint density at radius 2 is 1.61 bits per heavy atom. The topological polar surface area (TPSA) is 101 Å². The number of non-ortho nitro benzene ring substituents is 1. The number of rotatable bonds is 11. The second kappa shape index (κ2) is 9.73. The van der Waals surface area contributed by atoms with E-state index in [1.54, 1.807) is 18.2 Å². The zero-order valence-electron chi connectivity index (χ0n) is 18.0. The number of benzene rings is 2. The molecule has 0 atom stereocenters. The lowest BCUT2D eigenvalue weighted by Gasteiger charge is -2.13. The van der Waals surface area contributed by atoms with Gasteiger partial charge in [-0.3, -0.25) is 19.5 Å². The maximum Gasteiger partial charge on any atom is 0.330 e. The van der Waals surface area contributed by atoms with E-state index in [9.17, 15) is 19.5 Å². The Morgan fingerprint density at radius 3 is 2.23 bits per heavy atom. The largest absolute Gasteiger partial charge is 0.340 e. The van der Waals surface area contributed by atoms with E-state index in [0.29, 0.717) is 11.7 Å². The zero-order chi connectivity index (χ0) is 22.6. The Kier molecular flexibility index (Phi) is 7.26. The molecule has 31 heavy (non-hydrogen) atoms. The van der Waals surface area contributed by atoms with Crippen LogP contribution in [-0.2, 0) is 20.2 Å². The third-order valence-corrected chi connectivity index (χ3v) is 7.56. The highest BCUT2D eigenvalue weighted by atomic mass is 31.2. The molecule has 0 bridgehead atoms. The molecule has 0 amide bonds. The molecule has 166 valence electrons. The number of fused-ring (bicyclic) bond motifs is 3. The predicted molar refractivity (Wildman–Crippen MR) is 121 cm³/mol. The van der Waals surface area contributed by atoms with Crippen molar-refractivity contribution in [1.29, 1.82) is 0 Å². The van der Waals surface area contributed by atoms with E-state index < -0.39 is 12.5 Å². The van der Waals surface area contributed by atoms with Crippen LogP contribution in [0.5, 0.6) is 0 Å². The van der Waals surface area contributed by atoms with Crippen LogP contribution in [0.15, 0.2) is 36.4 Å². The molecule has 0 saturated carbocycles. The first-order chi connectivity index (χ1) is 14.8. The van der Waals surface area contributed by atoms with Crippen molar-refractivity contribution in [2.24, 2.45) is 0 Å². The number of hydrogen-bond donors (Lipinski definition) is 0. The van der Waals surface area contributed by atoms with Crippen LogP contribution < -0.4 is 0 Å². The Bertz CT molecular complexity index is 1090. The van der Waals surface area contributed by atoms with E-state index in [-0.39, 0.29) is 11.5 Å². The molecule has 0 radical (unpaired) electrons. The van der Waals surface area contributed by atoms with Crippen LogP contribution in [0, 0.1) is 10.1 Å². The normalized spacial score (nSPS) is 12.0. The number of hydrogen-bond acceptors (Lipinski definition) is 6. The molecular formula is C22H27N2O6P. The van der Waals surface area contributed by atoms with Gasteiger partial charge in [0.15, 0.2) is 5.78 Å². The molecule has 3 aromatic rings. The van der Waals surface area contributed by atoms with Gasteiger partial charge >= 0.3 is 7.60 Å². The smallest absolute Gasteiger partial charge is 0.330 e. The van der Waals surface area contributed by atoms with Gasteiger partial charge < -0.3 is 13.6 Å². The van der Waals surface area contributed by atoms with Crippen LogP contribution in [0.2, 0.25) is 0 Å². The van der Waals surface area contributed by atoms with E-state index in [2.05, 4.69) is 4.57 Å². The number of ketones is 1. The summed E-state index contributed by atoms with van der Waals surface area (Å²) in [4.78, 5) is 22.7. The van der Waals surface area contributed by atoms with Gasteiger partial charge in [-0.1, -0.05) is 12.8 Å². The van der Waals surface area contributed by atoms with Gasteiger partial charge in [0.2, 0.25) is 0 Å². The number of nitro groups is 1. The number of unbranched alkanes of at least 4 members (excludes halogenated alkanes) is 3. The average Bonchev–Trinajstić information content (AvgIpc) is 3.08. The van der Waals surface area contributed by atoms with Crippen LogP contribution in [0.3, 0.4) is 0 Å². The molecule has 1 heterocycles. The van der Waals surface area contributed by atoms with Gasteiger partial charge in [-0.2, -0.15) is 0 Å². The summed E-state index contributed by atoms with van der Waals surface area (Å²) in [6.45, 7) is 2.25. The van der Waals surface area contributed by atoms with Crippen molar-refractivity contribution in [3.63, 3.8) is 0 Å². The first kappa shape index (κ1) is 23.1. The number of Topliss-reactive ketones (excluding diaryl/α,β-unsaturated/α-hetero) is 1. The summed E-state index contributed by atoms with van der Waals surface area (Å²) in [7, 11) is -0.162. The molecule has 0 unspecified atom stereocenters. The minimum absolute atomic E-state index is 0.0282. The highest BCUT2D eigenvalue weighted by Gasteiger charge is 2.20. The van der Waals surface area contributed by atoms with Crippen LogP contribution in [-0.4, -0.2) is 35.7 Å². The van der Waals surface area contributed by atoms with E-state index in [1.165, 1.54) is 27.2 Å². The second-order valence-electron chi connectivity index (χ2n) is 7.51. The van der Waals surface area contributed by atoms with Crippen LogP contribution >= 0.6 is 7.60 Å². The van der Waals surface area contributed by atoms with Crippen molar-refractivity contribution < 1.29 is 23.3 Å². The molecule has 0 N–H and O–H groups in total. The third kappa shape index (κ3) is 5.03. The third-order valence-electron chi connectivity index (χ3n) is 5.59. The number of nitro benzene ring substituents is 1. The van der Waals surface area contributed by atoms with Gasteiger partial charge in [-0.25, -0.2) is 0 Å². The molecule has 0 spiro atoms. The van der Waals surface area contributed by atoms with Crippen molar-refractivity contribution in [3.05, 3.63) is 52.1 Å². The summed E-state index contributed by atoms with van der Waals surface area (Å²) < 4.78 is 24.2. The van der Waals surface area contributed by atoms with E-state index in [1.807, 2.05) is 12.1 Å². The zero-order valence-corrected chi connectivity index (χ0v) is 18.9. The SMILES string of the molecule is COP(=O)(CCCCCCn1c2ccc(C(C)=O)cc2c2cc([N+](=O)[O-])ccc21)OC. The van der Waals surface area contributed by atoms with Crippen LogP contribution in [0.1, 0.15) is 43.0 Å². The Morgan fingerprint density at radius 1 is 1.00 bits per heavy atom. The van der Waals surface area contributed by atoms with Crippen LogP contribution in [0.25, 0.3) is 21.8 Å². The Hall–Kier alpha value is -2.54. The quantitative estimate of drug-likeness (QED) is 0.119. The van der Waals surface area contributed by atoms with Gasteiger partial charge in [-0.15, -0.1) is 0 Å². The van der Waals surface area contributed by atoms with Crippen molar-refractivity contribution in [3.8, 4) is 0 Å². The highest BCUT2D eigenvalue weighted by Crippen LogP contribution is 2.47. The molecule has 8 nitrogen and oxygen atoms in total.